The average Bonchev–Trinajstić information content (AvgIpc) is 2.73. The Balaban J connectivity index is 1.70. The van der Waals surface area contributed by atoms with E-state index in [0.717, 1.165) is 39.0 Å². The number of nitrogens with one attached hydrogen (secondary N) is 1. The van der Waals surface area contributed by atoms with Gasteiger partial charge in [0.15, 0.2) is 0 Å². The van der Waals surface area contributed by atoms with E-state index in [0.29, 0.717) is 19.7 Å². The summed E-state index contributed by atoms with van der Waals surface area (Å²) in [5.41, 5.74) is -0.237. The highest BCUT2D eigenvalue weighted by atomic mass is 16.5. The quantitative estimate of drug-likeness (QED) is 0.802. The van der Waals surface area contributed by atoms with Crippen LogP contribution in [0.4, 0.5) is 0 Å². The monoisotopic (exact) mass is 270 g/mol. The van der Waals surface area contributed by atoms with Crippen molar-refractivity contribution in [1.29, 1.82) is 0 Å². The first kappa shape index (κ1) is 14.8. The van der Waals surface area contributed by atoms with Crippen molar-refractivity contribution in [1.82, 2.24) is 10.2 Å². The van der Waals surface area contributed by atoms with E-state index in [4.69, 9.17) is 9.47 Å². The van der Waals surface area contributed by atoms with E-state index >= 15 is 0 Å². The number of carbonyl (C=O) groups excluding carboxylic acids is 1. The van der Waals surface area contributed by atoms with E-state index in [2.05, 4.69) is 5.32 Å². The number of rotatable bonds is 5. The van der Waals surface area contributed by atoms with Crippen LogP contribution in [0, 0.1) is 0 Å². The number of hydrogen-bond donors (Lipinski definition) is 1. The van der Waals surface area contributed by atoms with Gasteiger partial charge in [0.25, 0.3) is 0 Å². The third-order valence-corrected chi connectivity index (χ3v) is 4.18. The van der Waals surface area contributed by atoms with E-state index in [9.17, 15) is 4.79 Å². The van der Waals surface area contributed by atoms with Crippen LogP contribution >= 0.6 is 0 Å². The van der Waals surface area contributed by atoms with Crippen LogP contribution in [0.15, 0.2) is 0 Å². The van der Waals surface area contributed by atoms with E-state index < -0.39 is 0 Å². The fourth-order valence-electron chi connectivity index (χ4n) is 2.79. The molecule has 0 aromatic carbocycles. The van der Waals surface area contributed by atoms with Crippen LogP contribution in [0.1, 0.15) is 32.1 Å². The van der Waals surface area contributed by atoms with Crippen LogP contribution in [-0.4, -0.2) is 62.9 Å². The third kappa shape index (κ3) is 4.16. The Morgan fingerprint density at radius 1 is 1.32 bits per heavy atom. The molecule has 5 nitrogen and oxygen atoms in total. The molecule has 2 fully saturated rings. The smallest absolute Gasteiger partial charge is 0.236 e. The molecule has 5 heteroatoms. The summed E-state index contributed by atoms with van der Waals surface area (Å²) in [5, 5.41) is 3.24. The zero-order chi connectivity index (χ0) is 13.6. The average molecular weight is 270 g/mol. The number of ether oxygens (including phenoxy) is 2. The maximum Gasteiger partial charge on any atom is 0.236 e. The van der Waals surface area contributed by atoms with E-state index in [1.54, 1.807) is 7.11 Å². The van der Waals surface area contributed by atoms with Crippen molar-refractivity contribution < 1.29 is 14.3 Å². The van der Waals surface area contributed by atoms with Gasteiger partial charge in [-0.15, -0.1) is 0 Å². The molecule has 0 spiro atoms. The molecule has 110 valence electrons. The molecule has 2 saturated heterocycles. The lowest BCUT2D eigenvalue weighted by Gasteiger charge is -2.27. The van der Waals surface area contributed by atoms with Gasteiger partial charge in [-0.05, 0) is 12.8 Å². The van der Waals surface area contributed by atoms with Gasteiger partial charge in [0.1, 0.15) is 5.60 Å². The molecule has 0 bridgehead atoms. The van der Waals surface area contributed by atoms with Crippen LogP contribution in [-0.2, 0) is 14.3 Å². The predicted octanol–water partition coefficient (Wildman–Crippen LogP) is 0.784. The predicted molar refractivity (Wildman–Crippen MR) is 73.1 cm³/mol. The zero-order valence-electron chi connectivity index (χ0n) is 12.0. The highest BCUT2D eigenvalue weighted by molar-refractivity contribution is 5.78. The van der Waals surface area contributed by atoms with Crippen molar-refractivity contribution in [3.8, 4) is 0 Å². The molecule has 1 amide bonds. The number of amides is 1. The van der Waals surface area contributed by atoms with Crippen molar-refractivity contribution in [3.63, 3.8) is 0 Å². The molecular weight excluding hydrogens is 244 g/mol. The van der Waals surface area contributed by atoms with Crippen molar-refractivity contribution in [2.45, 2.75) is 37.7 Å². The summed E-state index contributed by atoms with van der Waals surface area (Å²) in [4.78, 5) is 14.1. The second-order valence-corrected chi connectivity index (χ2v) is 5.59. The van der Waals surface area contributed by atoms with Crippen molar-refractivity contribution in [2.24, 2.45) is 0 Å². The summed E-state index contributed by atoms with van der Waals surface area (Å²) in [6.07, 6.45) is 5.68. The van der Waals surface area contributed by atoms with Crippen LogP contribution in [0.25, 0.3) is 0 Å². The molecule has 0 saturated carbocycles. The summed E-state index contributed by atoms with van der Waals surface area (Å²) in [6, 6.07) is 0. The van der Waals surface area contributed by atoms with Gasteiger partial charge in [0.05, 0.1) is 13.2 Å². The third-order valence-electron chi connectivity index (χ3n) is 4.18. The van der Waals surface area contributed by atoms with Crippen LogP contribution in [0.5, 0.6) is 0 Å². The van der Waals surface area contributed by atoms with Gasteiger partial charge < -0.3 is 19.7 Å². The van der Waals surface area contributed by atoms with Gasteiger partial charge in [-0.2, -0.15) is 0 Å². The standard InChI is InChI=1S/C14H26N2O3/c1-18-14(6-9-19-12-14)11-15-10-13(17)16-7-4-2-3-5-8-16/h15H,2-12H2,1H3. The normalized spacial score (nSPS) is 28.4. The lowest BCUT2D eigenvalue weighted by Crippen LogP contribution is -2.46. The molecule has 2 aliphatic heterocycles. The van der Waals surface area contributed by atoms with Gasteiger partial charge >= 0.3 is 0 Å². The maximum atomic E-state index is 12.1. The lowest BCUT2D eigenvalue weighted by atomic mass is 10.0. The molecule has 0 aliphatic carbocycles. The number of methoxy groups -OCH3 is 1. The van der Waals surface area contributed by atoms with Gasteiger partial charge in [-0.25, -0.2) is 0 Å². The first-order valence-electron chi connectivity index (χ1n) is 7.37. The topological polar surface area (TPSA) is 50.8 Å². The number of nitrogens with zero attached hydrogens (tertiary/aromatic N) is 1. The highest BCUT2D eigenvalue weighted by Crippen LogP contribution is 2.21. The Hall–Kier alpha value is -0.650. The van der Waals surface area contributed by atoms with Crippen molar-refractivity contribution in [2.75, 3.05) is 46.5 Å². The Morgan fingerprint density at radius 2 is 2.05 bits per heavy atom. The molecule has 19 heavy (non-hydrogen) atoms. The Labute approximate surface area is 115 Å². The summed E-state index contributed by atoms with van der Waals surface area (Å²) in [7, 11) is 1.72. The molecule has 2 aliphatic rings. The number of hydrogen-bond acceptors (Lipinski definition) is 4. The fraction of sp³-hybridized carbons (Fsp3) is 0.929. The zero-order valence-corrected chi connectivity index (χ0v) is 12.0. The van der Waals surface area contributed by atoms with Gasteiger partial charge in [0, 0.05) is 39.8 Å². The minimum absolute atomic E-state index is 0.215. The summed E-state index contributed by atoms with van der Waals surface area (Å²) >= 11 is 0. The lowest BCUT2D eigenvalue weighted by molar-refractivity contribution is -0.130. The van der Waals surface area contributed by atoms with E-state index in [1.165, 1.54) is 12.8 Å². The minimum atomic E-state index is -0.237. The van der Waals surface area contributed by atoms with Gasteiger partial charge in [-0.1, -0.05) is 12.8 Å². The Bertz CT molecular complexity index is 282. The van der Waals surface area contributed by atoms with Gasteiger partial charge in [0.2, 0.25) is 5.91 Å². The SMILES string of the molecule is COC1(CNCC(=O)N2CCCCCC2)CCOC1. The summed E-state index contributed by atoms with van der Waals surface area (Å²) in [6.45, 7) is 4.29. The van der Waals surface area contributed by atoms with Crippen molar-refractivity contribution in [3.05, 3.63) is 0 Å². The maximum absolute atomic E-state index is 12.1. The van der Waals surface area contributed by atoms with Gasteiger partial charge in [-0.3, -0.25) is 4.79 Å². The summed E-state index contributed by atoms with van der Waals surface area (Å²) < 4.78 is 10.9. The molecule has 2 heterocycles. The second kappa shape index (κ2) is 7.22. The molecule has 2 rings (SSSR count). The molecular formula is C14H26N2O3. The van der Waals surface area contributed by atoms with E-state index in [-0.39, 0.29) is 11.5 Å². The fourth-order valence-corrected chi connectivity index (χ4v) is 2.79. The Kier molecular flexibility index (Phi) is 5.60. The number of likely N-dealkylation sites (tertiary alicyclic amines) is 1. The largest absolute Gasteiger partial charge is 0.378 e. The second-order valence-electron chi connectivity index (χ2n) is 5.59. The molecule has 1 N–H and O–H groups in total. The molecule has 1 atom stereocenters. The molecule has 0 radical (unpaired) electrons. The van der Waals surface area contributed by atoms with Crippen LogP contribution in [0.2, 0.25) is 0 Å². The summed E-state index contributed by atoms with van der Waals surface area (Å²) in [5.74, 6) is 0.215. The first-order chi connectivity index (χ1) is 9.26. The minimum Gasteiger partial charge on any atom is -0.378 e. The first-order valence-corrected chi connectivity index (χ1v) is 7.37. The highest BCUT2D eigenvalue weighted by Gasteiger charge is 2.34. The van der Waals surface area contributed by atoms with Crippen LogP contribution < -0.4 is 5.32 Å². The van der Waals surface area contributed by atoms with Crippen molar-refractivity contribution >= 4 is 5.91 Å². The van der Waals surface area contributed by atoms with E-state index in [1.807, 2.05) is 4.90 Å². The number of carbonyl (C=O) groups is 1. The molecule has 0 aromatic rings. The molecule has 1 unspecified atom stereocenters. The van der Waals surface area contributed by atoms with Crippen LogP contribution in [0.3, 0.4) is 0 Å². The Morgan fingerprint density at radius 3 is 2.63 bits per heavy atom. The molecule has 0 aromatic heterocycles.